The van der Waals surface area contributed by atoms with Gasteiger partial charge in [0.05, 0.1) is 23.2 Å². The zero-order valence-corrected chi connectivity index (χ0v) is 20.0. The number of Topliss-reactive ketones (excluding diaryl/α,β-unsaturated/α-hetero) is 3. The molecular weight excluding hydrogens is 591 g/mol. The predicted octanol–water partition coefficient (Wildman–Crippen LogP) is 0.670. The molecule has 10 nitrogen and oxygen atoms in total. The summed E-state index contributed by atoms with van der Waals surface area (Å²) in [4.78, 5) is 43.0. The fraction of sp³-hybridized carbons (Fsp3) is 0.600. The number of cyclic esters (lactones) is 1. The van der Waals surface area contributed by atoms with Crippen LogP contribution < -0.4 is 10.2 Å². The average Bonchev–Trinajstić information content (AvgIpc) is 3.05. The van der Waals surface area contributed by atoms with Crippen LogP contribution in [-0.4, -0.2) is 47.6 Å². The average molecular weight is 618 g/mol. The van der Waals surface area contributed by atoms with E-state index in [1.54, 1.807) is 0 Å². The van der Waals surface area contributed by atoms with Crippen LogP contribution in [0, 0.1) is 0 Å². The Morgan fingerprint density at radius 1 is 0.871 bits per heavy atom. The number of hydrogen-bond donors (Lipinski definition) is 0. The molecule has 1 saturated carbocycles. The second kappa shape index (κ2) is 12.7. The second-order valence-electron chi connectivity index (χ2n) is 7.18. The van der Waals surface area contributed by atoms with Gasteiger partial charge in [0.15, 0.2) is 17.3 Å². The molecule has 174 valence electrons. The van der Waals surface area contributed by atoms with E-state index in [1.807, 2.05) is 0 Å². The van der Waals surface area contributed by atoms with Crippen LogP contribution >= 0.6 is 0 Å². The van der Waals surface area contributed by atoms with Crippen molar-refractivity contribution >= 4 is 23.3 Å². The molecular formula is C20H26N2O8Pt. The third-order valence-electron chi connectivity index (χ3n) is 4.68. The van der Waals surface area contributed by atoms with Crippen LogP contribution in [0.25, 0.3) is 11.5 Å². The van der Waals surface area contributed by atoms with Gasteiger partial charge < -0.3 is 31.2 Å². The Labute approximate surface area is 195 Å². The van der Waals surface area contributed by atoms with Gasteiger partial charge in [-0.1, -0.05) is 31.4 Å². The number of ether oxygens (including phenoxy) is 2. The molecule has 0 aromatic carbocycles. The summed E-state index contributed by atoms with van der Waals surface area (Å²) in [6.07, 6.45) is 2.66. The SMILES string of the molecule is CC(=O)C1=C([O-])OC(C)C1=O.CC(=O)C1=C([O-])[C@H](C)OC1=O.[NH-]C1CCCCC1[NH-].[Pt+4]. The number of rotatable bonds is 2. The summed E-state index contributed by atoms with van der Waals surface area (Å²) in [5.74, 6) is -3.66. The van der Waals surface area contributed by atoms with Crippen LogP contribution in [0.2, 0.25) is 0 Å². The van der Waals surface area contributed by atoms with Crippen molar-refractivity contribution in [3.8, 4) is 0 Å². The Morgan fingerprint density at radius 3 is 1.52 bits per heavy atom. The summed E-state index contributed by atoms with van der Waals surface area (Å²) in [5.41, 5.74) is 13.9. The summed E-state index contributed by atoms with van der Waals surface area (Å²) in [6.45, 7) is 5.23. The number of nitrogens with one attached hydrogen (secondary N) is 2. The van der Waals surface area contributed by atoms with E-state index >= 15 is 0 Å². The van der Waals surface area contributed by atoms with E-state index in [1.165, 1.54) is 40.5 Å². The quantitative estimate of drug-likeness (QED) is 0.320. The van der Waals surface area contributed by atoms with E-state index < -0.39 is 47.2 Å². The van der Waals surface area contributed by atoms with E-state index in [9.17, 15) is 29.4 Å². The molecule has 3 rings (SSSR count). The summed E-state index contributed by atoms with van der Waals surface area (Å²) >= 11 is 0. The maximum absolute atomic E-state index is 11.0. The largest absolute Gasteiger partial charge is 4.00 e. The number of hydrogen-bond acceptors (Lipinski definition) is 8. The maximum Gasteiger partial charge on any atom is 4.00 e. The van der Waals surface area contributed by atoms with Gasteiger partial charge >= 0.3 is 27.0 Å². The van der Waals surface area contributed by atoms with E-state index in [2.05, 4.69) is 9.47 Å². The van der Waals surface area contributed by atoms with Crippen molar-refractivity contribution in [2.75, 3.05) is 0 Å². The molecule has 1 aliphatic carbocycles. The van der Waals surface area contributed by atoms with Crippen molar-refractivity contribution in [2.24, 2.45) is 0 Å². The van der Waals surface area contributed by atoms with Crippen molar-refractivity contribution in [1.82, 2.24) is 0 Å². The first-order valence-electron chi connectivity index (χ1n) is 9.56. The predicted molar refractivity (Wildman–Crippen MR) is 101 cm³/mol. The van der Waals surface area contributed by atoms with Crippen LogP contribution in [0.4, 0.5) is 0 Å². The molecule has 2 N–H and O–H groups in total. The van der Waals surface area contributed by atoms with Gasteiger partial charge in [-0.15, -0.1) is 0 Å². The molecule has 0 aromatic heterocycles. The fourth-order valence-electron chi connectivity index (χ4n) is 2.92. The van der Waals surface area contributed by atoms with Crippen LogP contribution in [0.1, 0.15) is 53.4 Å². The first-order valence-corrected chi connectivity index (χ1v) is 9.56. The smallest absolute Gasteiger partial charge is 0.872 e. The van der Waals surface area contributed by atoms with Crippen molar-refractivity contribution in [2.45, 2.75) is 77.7 Å². The fourth-order valence-corrected chi connectivity index (χ4v) is 2.92. The minimum Gasteiger partial charge on any atom is -0.872 e. The second-order valence-corrected chi connectivity index (χ2v) is 7.18. The molecule has 0 saturated heterocycles. The van der Waals surface area contributed by atoms with E-state index in [0.29, 0.717) is 0 Å². The summed E-state index contributed by atoms with van der Waals surface area (Å²) in [6, 6.07) is -0.160. The molecule has 0 bridgehead atoms. The van der Waals surface area contributed by atoms with Crippen LogP contribution in [0.3, 0.4) is 0 Å². The Bertz CT molecular complexity index is 767. The molecule has 11 heteroatoms. The third-order valence-corrected chi connectivity index (χ3v) is 4.68. The number of carbonyl (C=O) groups excluding carboxylic acids is 4. The topological polar surface area (TPSA) is 180 Å². The van der Waals surface area contributed by atoms with Crippen LogP contribution in [0.5, 0.6) is 0 Å². The molecule has 3 unspecified atom stereocenters. The molecule has 2 heterocycles. The molecule has 2 aliphatic heterocycles. The number of esters is 1. The standard InChI is InChI=1S/2C7H8O4.C6H12N2.Pt/c2*1-3(8)5-6(9)4(2)11-7(5)10;7-5-3-1-2-4-6(5)8;/h4,10H,1-2H3;4,9H,1-2H3;5-8H,1-4H2;/q;;-2;+4/p-2/t;4-;;/m.0../s1. The van der Waals surface area contributed by atoms with Gasteiger partial charge in [-0.05, 0) is 27.7 Å². The normalized spacial score (nSPS) is 27.2. The summed E-state index contributed by atoms with van der Waals surface area (Å²) in [7, 11) is 0. The minimum atomic E-state index is -0.796. The molecule has 0 amide bonds. The van der Waals surface area contributed by atoms with Crippen molar-refractivity contribution in [1.29, 1.82) is 0 Å². The first-order chi connectivity index (χ1) is 13.9. The summed E-state index contributed by atoms with van der Waals surface area (Å²) in [5, 5.41) is 21.7. The van der Waals surface area contributed by atoms with E-state index in [0.717, 1.165) is 12.8 Å². The number of ketones is 3. The van der Waals surface area contributed by atoms with E-state index in [4.69, 9.17) is 11.5 Å². The van der Waals surface area contributed by atoms with Gasteiger partial charge in [-0.25, -0.2) is 4.79 Å². The van der Waals surface area contributed by atoms with Crippen molar-refractivity contribution in [3.05, 3.63) is 34.3 Å². The Hall–Kier alpha value is -2.03. The molecule has 0 aromatic rings. The Kier molecular flexibility index (Phi) is 11.9. The van der Waals surface area contributed by atoms with Gasteiger partial charge in [-0.3, -0.25) is 14.4 Å². The molecule has 0 radical (unpaired) electrons. The minimum absolute atomic E-state index is 0. The van der Waals surface area contributed by atoms with E-state index in [-0.39, 0.29) is 44.3 Å². The monoisotopic (exact) mass is 617 g/mol. The molecule has 0 spiro atoms. The van der Waals surface area contributed by atoms with Gasteiger partial charge in [0.25, 0.3) is 0 Å². The van der Waals surface area contributed by atoms with Gasteiger partial charge in [0.2, 0.25) is 0 Å². The number of carbonyl (C=O) groups is 4. The molecule has 31 heavy (non-hydrogen) atoms. The van der Waals surface area contributed by atoms with Crippen molar-refractivity contribution in [3.63, 3.8) is 0 Å². The first kappa shape index (κ1) is 29.0. The van der Waals surface area contributed by atoms with Crippen molar-refractivity contribution < 1.29 is 59.9 Å². The Balaban J connectivity index is 0.000000434. The third kappa shape index (κ3) is 7.87. The maximum atomic E-state index is 11.0. The van der Waals surface area contributed by atoms with Gasteiger partial charge in [0, 0.05) is 0 Å². The summed E-state index contributed by atoms with van der Waals surface area (Å²) < 4.78 is 9.00. The molecule has 1 fully saturated rings. The van der Waals surface area contributed by atoms with Gasteiger partial charge in [0.1, 0.15) is 6.10 Å². The zero-order chi connectivity index (χ0) is 23.2. The molecule has 4 atom stereocenters. The van der Waals surface area contributed by atoms with Crippen LogP contribution in [0.15, 0.2) is 22.9 Å². The van der Waals surface area contributed by atoms with Crippen LogP contribution in [-0.2, 0) is 49.7 Å². The Morgan fingerprint density at radius 2 is 1.32 bits per heavy atom. The zero-order valence-electron chi connectivity index (χ0n) is 17.7. The van der Waals surface area contributed by atoms with Gasteiger partial charge in [-0.2, -0.15) is 12.1 Å². The molecule has 3 aliphatic rings.